The second kappa shape index (κ2) is 4.33. The van der Waals surface area contributed by atoms with Crippen LogP contribution in [0.25, 0.3) is 0 Å². The molecule has 0 aliphatic heterocycles. The first kappa shape index (κ1) is 11.8. The molecule has 1 fully saturated rings. The van der Waals surface area contributed by atoms with E-state index >= 15 is 0 Å². The van der Waals surface area contributed by atoms with E-state index in [1.165, 1.54) is 6.42 Å². The lowest BCUT2D eigenvalue weighted by atomic mass is 9.75. The molecule has 0 bridgehead atoms. The summed E-state index contributed by atoms with van der Waals surface area (Å²) in [5.74, 6) is -0.0147. The van der Waals surface area contributed by atoms with Gasteiger partial charge in [0.25, 0.3) is 5.91 Å². The molecular weight excluding hydrogens is 220 g/mol. The highest BCUT2D eigenvalue weighted by Crippen LogP contribution is 2.35. The zero-order valence-corrected chi connectivity index (χ0v) is 10.2. The number of carbonyl (C=O) groups is 1. The molecule has 7 heteroatoms. The Kier molecular flexibility index (Phi) is 3.01. The highest BCUT2D eigenvalue weighted by Gasteiger charge is 2.39. The van der Waals surface area contributed by atoms with E-state index in [2.05, 4.69) is 25.4 Å². The number of H-pyrrole nitrogens is 1. The maximum Gasteiger partial charge on any atom is 0.288 e. The molecule has 0 spiro atoms. The molecule has 4 N–H and O–H groups in total. The minimum Gasteiger partial charge on any atom is -0.366 e. The molecule has 1 aliphatic rings. The standard InChI is InChI=1S/C10H18N6O/c1-16(2)10(4-3-5-10)6-12-8(17)7-13-9(11)15-14-7/h3-6H2,1-2H3,(H,12,17)(H3,11,13,14,15). The van der Waals surface area contributed by atoms with Gasteiger partial charge in [-0.1, -0.05) is 0 Å². The highest BCUT2D eigenvalue weighted by molar-refractivity contribution is 5.90. The second-order valence-electron chi connectivity index (χ2n) is 4.70. The maximum absolute atomic E-state index is 11.7. The fourth-order valence-electron chi connectivity index (χ4n) is 2.07. The number of nitrogen functional groups attached to an aromatic ring is 1. The van der Waals surface area contributed by atoms with Gasteiger partial charge in [-0.05, 0) is 33.4 Å². The van der Waals surface area contributed by atoms with Crippen LogP contribution in [-0.2, 0) is 0 Å². The van der Waals surface area contributed by atoms with Crippen molar-refractivity contribution in [2.75, 3.05) is 26.4 Å². The zero-order chi connectivity index (χ0) is 12.5. The predicted octanol–water partition coefficient (Wildman–Crippen LogP) is -0.399. The molecule has 94 valence electrons. The van der Waals surface area contributed by atoms with Gasteiger partial charge in [-0.3, -0.25) is 9.89 Å². The van der Waals surface area contributed by atoms with Gasteiger partial charge in [0, 0.05) is 12.1 Å². The van der Waals surface area contributed by atoms with Gasteiger partial charge in [-0.25, -0.2) is 0 Å². The van der Waals surface area contributed by atoms with Crippen molar-refractivity contribution in [1.82, 2.24) is 25.4 Å². The van der Waals surface area contributed by atoms with Crippen molar-refractivity contribution < 1.29 is 4.79 Å². The van der Waals surface area contributed by atoms with Gasteiger partial charge in [0.1, 0.15) is 0 Å². The molecule has 1 aromatic heterocycles. The first-order valence-corrected chi connectivity index (χ1v) is 5.67. The molecule has 0 aromatic carbocycles. The van der Waals surface area contributed by atoms with E-state index in [4.69, 9.17) is 5.73 Å². The van der Waals surface area contributed by atoms with Gasteiger partial charge < -0.3 is 16.0 Å². The summed E-state index contributed by atoms with van der Waals surface area (Å²) in [6, 6.07) is 0. The van der Waals surface area contributed by atoms with Gasteiger partial charge in [0.2, 0.25) is 11.8 Å². The van der Waals surface area contributed by atoms with E-state index < -0.39 is 0 Å². The molecule has 2 rings (SSSR count). The molecule has 0 saturated heterocycles. The Labute approximate surface area is 99.8 Å². The average molecular weight is 238 g/mol. The van der Waals surface area contributed by atoms with Crippen molar-refractivity contribution in [3.63, 3.8) is 0 Å². The fourth-order valence-corrected chi connectivity index (χ4v) is 2.07. The monoisotopic (exact) mass is 238 g/mol. The van der Waals surface area contributed by atoms with Crippen LogP contribution in [0.2, 0.25) is 0 Å². The Morgan fingerprint density at radius 3 is 2.71 bits per heavy atom. The van der Waals surface area contributed by atoms with Gasteiger partial charge in [0.15, 0.2) is 0 Å². The quantitative estimate of drug-likeness (QED) is 0.663. The van der Waals surface area contributed by atoms with Crippen LogP contribution in [-0.4, -0.2) is 52.2 Å². The molecule has 0 radical (unpaired) electrons. The summed E-state index contributed by atoms with van der Waals surface area (Å²) in [7, 11) is 4.08. The number of likely N-dealkylation sites (N-methyl/N-ethyl adjacent to an activating group) is 1. The number of nitrogens with two attached hydrogens (primary N) is 1. The van der Waals surface area contributed by atoms with E-state index in [9.17, 15) is 4.79 Å². The summed E-state index contributed by atoms with van der Waals surface area (Å²) in [4.78, 5) is 17.7. The smallest absolute Gasteiger partial charge is 0.288 e. The van der Waals surface area contributed by atoms with Crippen molar-refractivity contribution in [2.24, 2.45) is 0 Å². The zero-order valence-electron chi connectivity index (χ0n) is 10.2. The molecule has 1 amide bonds. The molecule has 7 nitrogen and oxygen atoms in total. The van der Waals surface area contributed by atoms with E-state index in [-0.39, 0.29) is 23.2 Å². The Morgan fingerprint density at radius 2 is 2.29 bits per heavy atom. The lowest BCUT2D eigenvalue weighted by Gasteiger charge is -2.47. The third kappa shape index (κ3) is 2.23. The molecule has 1 heterocycles. The molecule has 0 atom stereocenters. The molecule has 1 aliphatic carbocycles. The lowest BCUT2D eigenvalue weighted by molar-refractivity contribution is 0.0554. The van der Waals surface area contributed by atoms with Gasteiger partial charge in [-0.15, -0.1) is 5.10 Å². The number of aromatic nitrogens is 3. The largest absolute Gasteiger partial charge is 0.366 e. The lowest BCUT2D eigenvalue weighted by Crippen LogP contribution is -2.57. The normalized spacial score (nSPS) is 17.8. The number of hydrogen-bond donors (Lipinski definition) is 3. The van der Waals surface area contributed by atoms with Crippen LogP contribution in [0.3, 0.4) is 0 Å². The van der Waals surface area contributed by atoms with Crippen molar-refractivity contribution in [2.45, 2.75) is 24.8 Å². The topological polar surface area (TPSA) is 99.9 Å². The number of hydrogen-bond acceptors (Lipinski definition) is 5. The summed E-state index contributed by atoms with van der Waals surface area (Å²) in [5.41, 5.74) is 5.44. The Morgan fingerprint density at radius 1 is 1.59 bits per heavy atom. The van der Waals surface area contributed by atoms with Gasteiger partial charge >= 0.3 is 0 Å². The molecule has 0 unspecified atom stereocenters. The van der Waals surface area contributed by atoms with Gasteiger partial charge in [-0.2, -0.15) is 4.98 Å². The molecule has 1 aromatic rings. The summed E-state index contributed by atoms with van der Waals surface area (Å²) < 4.78 is 0. The summed E-state index contributed by atoms with van der Waals surface area (Å²) in [6.07, 6.45) is 3.43. The molecule has 17 heavy (non-hydrogen) atoms. The first-order chi connectivity index (χ1) is 8.03. The van der Waals surface area contributed by atoms with Crippen molar-refractivity contribution in [1.29, 1.82) is 0 Å². The van der Waals surface area contributed by atoms with Crippen LogP contribution in [0, 0.1) is 0 Å². The van der Waals surface area contributed by atoms with Crippen LogP contribution in [0.1, 0.15) is 29.9 Å². The third-order valence-corrected chi connectivity index (χ3v) is 3.53. The Balaban J connectivity index is 1.92. The summed E-state index contributed by atoms with van der Waals surface area (Å²) in [5, 5.41) is 8.98. The van der Waals surface area contributed by atoms with Crippen LogP contribution < -0.4 is 11.1 Å². The number of aromatic amines is 1. The van der Waals surface area contributed by atoms with Crippen molar-refractivity contribution in [3.05, 3.63) is 5.82 Å². The Hall–Kier alpha value is -1.63. The van der Waals surface area contributed by atoms with Gasteiger partial charge in [0.05, 0.1) is 0 Å². The fraction of sp³-hybridized carbons (Fsp3) is 0.700. The molecular formula is C10H18N6O. The average Bonchev–Trinajstić information content (AvgIpc) is 2.62. The number of anilines is 1. The van der Waals surface area contributed by atoms with Crippen molar-refractivity contribution >= 4 is 11.9 Å². The summed E-state index contributed by atoms with van der Waals surface area (Å²) in [6.45, 7) is 0.624. The van der Waals surface area contributed by atoms with Crippen molar-refractivity contribution in [3.8, 4) is 0 Å². The van der Waals surface area contributed by atoms with E-state index in [1.54, 1.807) is 0 Å². The van der Waals surface area contributed by atoms with Crippen LogP contribution in [0.5, 0.6) is 0 Å². The molecule has 1 saturated carbocycles. The van der Waals surface area contributed by atoms with E-state index in [0.29, 0.717) is 6.54 Å². The number of amides is 1. The van der Waals surface area contributed by atoms with Crippen LogP contribution in [0.15, 0.2) is 0 Å². The number of carbonyl (C=O) groups excluding carboxylic acids is 1. The SMILES string of the molecule is CN(C)C1(CNC(=O)c2nc(N)n[nH]2)CCC1. The maximum atomic E-state index is 11.7. The minimum absolute atomic E-state index is 0.0844. The second-order valence-corrected chi connectivity index (χ2v) is 4.70. The van der Waals surface area contributed by atoms with E-state index in [1.807, 2.05) is 14.1 Å². The van der Waals surface area contributed by atoms with Crippen LogP contribution in [0.4, 0.5) is 5.95 Å². The third-order valence-electron chi connectivity index (χ3n) is 3.53. The minimum atomic E-state index is -0.262. The highest BCUT2D eigenvalue weighted by atomic mass is 16.2. The number of rotatable bonds is 4. The Bertz CT molecular complexity index is 409. The van der Waals surface area contributed by atoms with E-state index in [0.717, 1.165) is 12.8 Å². The predicted molar refractivity (Wildman–Crippen MR) is 63.4 cm³/mol. The number of nitrogens with zero attached hydrogens (tertiary/aromatic N) is 3. The summed E-state index contributed by atoms with van der Waals surface area (Å²) >= 11 is 0. The number of nitrogens with one attached hydrogen (secondary N) is 2. The van der Waals surface area contributed by atoms with Crippen LogP contribution >= 0.6 is 0 Å². The first-order valence-electron chi connectivity index (χ1n) is 5.67.